The largest absolute Gasteiger partial charge is 0.574 e. The molecule has 0 spiro atoms. The third-order valence-electron chi connectivity index (χ3n) is 12.8. The second-order valence-corrected chi connectivity index (χ2v) is 17.3. The molecular weight excluding hydrogens is 902 g/mol. The SMILES string of the molecule is COc1nc(OC(F)(F)F)c(NC(=O)C2CCC3C4CNC5=CC(=O)CC[C@]5(C)C4CC[C@]23C)cc1Br.O=[N+]([O-])c1cn2c(n1)OC[C@@H](OCc1ccc(OC(F)(F)F)cc1)C2. The zero-order valence-electron chi connectivity index (χ0n) is 33.6. The third kappa shape index (κ3) is 9.59. The van der Waals surface area contributed by atoms with E-state index in [0.717, 1.165) is 37.9 Å². The van der Waals surface area contributed by atoms with Crippen molar-refractivity contribution in [2.24, 2.45) is 34.5 Å². The van der Waals surface area contributed by atoms with E-state index >= 15 is 0 Å². The molecule has 2 N–H and O–H groups in total. The molecule has 7 atom stereocenters. The van der Waals surface area contributed by atoms with Crippen molar-refractivity contribution in [1.82, 2.24) is 19.9 Å². The lowest BCUT2D eigenvalue weighted by Gasteiger charge is -2.58. The smallest absolute Gasteiger partial charge is 0.480 e. The number of aromatic nitrogens is 3. The summed E-state index contributed by atoms with van der Waals surface area (Å²) in [6.45, 7) is 5.82. The number of allylic oxidation sites excluding steroid dienone is 2. The van der Waals surface area contributed by atoms with Crippen LogP contribution in [0.1, 0.15) is 57.9 Å². The Morgan fingerprint density at radius 2 is 1.77 bits per heavy atom. The van der Waals surface area contributed by atoms with Crippen LogP contribution in [0.4, 0.5) is 37.8 Å². The van der Waals surface area contributed by atoms with Crippen molar-refractivity contribution in [2.75, 3.05) is 25.6 Å². The summed E-state index contributed by atoms with van der Waals surface area (Å²) in [5.41, 5.74) is 1.19. The molecule has 3 fully saturated rings. The Morgan fingerprint density at radius 3 is 2.45 bits per heavy atom. The Morgan fingerprint density at radius 1 is 1.05 bits per heavy atom. The van der Waals surface area contributed by atoms with Crippen molar-refractivity contribution in [2.45, 2.75) is 84.4 Å². The number of nitro groups is 1. The number of fused-ring (bicyclic) bond motifs is 6. The summed E-state index contributed by atoms with van der Waals surface area (Å²) in [5, 5.41) is 16.9. The average Bonchev–Trinajstić information content (AvgIpc) is 3.79. The van der Waals surface area contributed by atoms with Gasteiger partial charge in [-0.2, -0.15) is 4.98 Å². The van der Waals surface area contributed by atoms with Crippen molar-refractivity contribution in [1.29, 1.82) is 0 Å². The summed E-state index contributed by atoms with van der Waals surface area (Å²) in [6, 6.07) is 6.78. The van der Waals surface area contributed by atoms with Gasteiger partial charge in [-0.15, -0.1) is 26.3 Å². The van der Waals surface area contributed by atoms with Crippen LogP contribution in [0.2, 0.25) is 0 Å². The molecule has 2 aromatic heterocycles. The fourth-order valence-electron chi connectivity index (χ4n) is 9.93. The zero-order valence-corrected chi connectivity index (χ0v) is 35.2. The van der Waals surface area contributed by atoms with E-state index in [4.69, 9.17) is 14.2 Å². The Bertz CT molecular complexity index is 2220. The van der Waals surface area contributed by atoms with Gasteiger partial charge in [0.2, 0.25) is 17.7 Å². The van der Waals surface area contributed by atoms with Gasteiger partial charge in [-0.3, -0.25) is 14.2 Å². The van der Waals surface area contributed by atoms with E-state index in [1.165, 1.54) is 48.2 Å². The molecule has 0 bridgehead atoms. The molecule has 1 aromatic carbocycles. The minimum atomic E-state index is -4.98. The first-order chi connectivity index (χ1) is 29.2. The average molecular weight is 946 g/mol. The van der Waals surface area contributed by atoms with Crippen LogP contribution in [0.3, 0.4) is 0 Å². The van der Waals surface area contributed by atoms with Crippen LogP contribution in [0.25, 0.3) is 0 Å². The van der Waals surface area contributed by atoms with E-state index in [0.29, 0.717) is 47.2 Å². The molecule has 4 heterocycles. The van der Waals surface area contributed by atoms with Gasteiger partial charge in [0.05, 0.1) is 24.7 Å². The number of amides is 1. The molecule has 15 nitrogen and oxygen atoms in total. The summed E-state index contributed by atoms with van der Waals surface area (Å²) >= 11 is 3.23. The van der Waals surface area contributed by atoms with E-state index in [1.54, 1.807) is 6.08 Å². The number of nitrogens with zero attached hydrogens (tertiary/aromatic N) is 4. The first-order valence-corrected chi connectivity index (χ1v) is 20.6. The number of piperidine rings is 1. The summed E-state index contributed by atoms with van der Waals surface area (Å²) in [4.78, 5) is 43.2. The molecule has 2 aliphatic heterocycles. The van der Waals surface area contributed by atoms with Crippen LogP contribution in [-0.2, 0) is 27.5 Å². The summed E-state index contributed by atoms with van der Waals surface area (Å²) < 4.78 is 101. The number of benzene rings is 1. The van der Waals surface area contributed by atoms with Crippen LogP contribution in [0.5, 0.6) is 23.5 Å². The number of alkyl halides is 6. The number of ketones is 1. The predicted molar refractivity (Wildman–Crippen MR) is 209 cm³/mol. The van der Waals surface area contributed by atoms with Gasteiger partial charge in [0.25, 0.3) is 0 Å². The number of anilines is 1. The molecule has 1 amide bonds. The Balaban J connectivity index is 0.000000201. The molecule has 336 valence electrons. The van der Waals surface area contributed by atoms with Crippen molar-refractivity contribution >= 4 is 39.1 Å². The summed E-state index contributed by atoms with van der Waals surface area (Å²) in [6.07, 6.45) is -2.31. The number of carbonyl (C=O) groups excluding carboxylic acids is 2. The van der Waals surface area contributed by atoms with Crippen LogP contribution in [0.15, 0.2) is 52.8 Å². The molecule has 62 heavy (non-hydrogen) atoms. The van der Waals surface area contributed by atoms with Crippen molar-refractivity contribution in [3.63, 3.8) is 0 Å². The van der Waals surface area contributed by atoms with E-state index < -0.39 is 23.5 Å². The maximum Gasteiger partial charge on any atom is 0.574 e. The molecule has 3 aliphatic carbocycles. The lowest BCUT2D eigenvalue weighted by atomic mass is 9.50. The van der Waals surface area contributed by atoms with Crippen LogP contribution < -0.4 is 29.6 Å². The number of rotatable bonds is 9. The van der Waals surface area contributed by atoms with Gasteiger partial charge in [-0.1, -0.05) is 26.0 Å². The van der Waals surface area contributed by atoms with Crippen molar-refractivity contribution < 1.29 is 64.5 Å². The second-order valence-electron chi connectivity index (χ2n) is 16.5. The monoisotopic (exact) mass is 944 g/mol. The highest BCUT2D eigenvalue weighted by Crippen LogP contribution is 2.64. The van der Waals surface area contributed by atoms with E-state index in [1.807, 2.05) is 0 Å². The lowest BCUT2D eigenvalue weighted by Crippen LogP contribution is -2.57. The summed E-state index contributed by atoms with van der Waals surface area (Å²) in [7, 11) is 1.28. The Labute approximate surface area is 359 Å². The van der Waals surface area contributed by atoms with Gasteiger partial charge in [-0.25, -0.2) is 0 Å². The molecule has 8 rings (SSSR count). The topological polar surface area (TPSA) is 178 Å². The number of hydrogen-bond acceptors (Lipinski definition) is 12. The molecule has 22 heteroatoms. The Kier molecular flexibility index (Phi) is 12.5. The number of carbonyl (C=O) groups is 2. The second kappa shape index (κ2) is 17.2. The minimum Gasteiger partial charge on any atom is -0.480 e. The quantitative estimate of drug-likeness (QED) is 0.119. The number of pyridine rings is 1. The predicted octanol–water partition coefficient (Wildman–Crippen LogP) is 8.27. The highest BCUT2D eigenvalue weighted by Gasteiger charge is 2.60. The molecule has 3 aromatic rings. The first-order valence-electron chi connectivity index (χ1n) is 19.8. The van der Waals surface area contributed by atoms with Gasteiger partial charge in [0.15, 0.2) is 5.78 Å². The standard InChI is InChI=1S/C26H31BrF3N3O4.C14H12F3N3O5/c1-24-9-7-16-14(12-31-20-10-13(34)6-8-25(16,20)2)15(24)4-5-17(24)21(35)32-19-11-18(27)22(36-3)33-23(19)37-26(28,29)30;15-14(16,17)25-10-3-1-9(2-4-10)7-23-11-5-19-6-12(20(21)22)18-13(19)24-8-11/h10-11,14-17,31H,4-9,12H2,1-3H3,(H,32,35);1-4,6,11H,5,7-8H2/t14?,15?,16?,17?,24-,25+;11-/m00/s1. The third-order valence-corrected chi connectivity index (χ3v) is 13.4. The van der Waals surface area contributed by atoms with Crippen LogP contribution in [-0.4, -0.2) is 70.2 Å². The van der Waals surface area contributed by atoms with Crippen molar-refractivity contribution in [3.05, 3.63) is 68.5 Å². The number of ether oxygens (including phenoxy) is 5. The van der Waals surface area contributed by atoms with Crippen LogP contribution >= 0.6 is 15.9 Å². The lowest BCUT2D eigenvalue weighted by molar-refractivity contribution is -0.389. The number of hydrogen-bond donors (Lipinski definition) is 2. The molecule has 4 unspecified atom stereocenters. The van der Waals surface area contributed by atoms with Gasteiger partial charge in [0, 0.05) is 41.1 Å². The maximum absolute atomic E-state index is 13.6. The van der Waals surface area contributed by atoms with E-state index in [2.05, 4.69) is 59.9 Å². The number of methoxy groups -OCH3 is 1. The zero-order chi connectivity index (χ0) is 44.8. The summed E-state index contributed by atoms with van der Waals surface area (Å²) in [5.74, 6) is -0.872. The molecular formula is C40H43BrF6N6O9. The number of nitrogens with one attached hydrogen (secondary N) is 2. The molecule has 1 saturated heterocycles. The highest BCUT2D eigenvalue weighted by atomic mass is 79.9. The van der Waals surface area contributed by atoms with E-state index in [9.17, 15) is 46.0 Å². The normalized spacial score (nSPS) is 27.6. The first kappa shape index (κ1) is 44.9. The minimum absolute atomic E-state index is 0.0661. The highest BCUT2D eigenvalue weighted by molar-refractivity contribution is 9.10. The van der Waals surface area contributed by atoms with Gasteiger partial charge in [-0.05, 0) is 99.9 Å². The van der Waals surface area contributed by atoms with Crippen LogP contribution in [0, 0.1) is 44.6 Å². The van der Waals surface area contributed by atoms with Gasteiger partial charge < -0.3 is 44.4 Å². The van der Waals surface area contributed by atoms with Gasteiger partial charge >= 0.3 is 24.6 Å². The number of imidazole rings is 1. The van der Waals surface area contributed by atoms with E-state index in [-0.39, 0.29) is 76.9 Å². The Hall–Kier alpha value is -5.12. The molecule has 5 aliphatic rings. The maximum atomic E-state index is 13.6. The number of halogens is 7. The fourth-order valence-corrected chi connectivity index (χ4v) is 10.4. The fraction of sp³-hybridized carbons (Fsp3) is 0.550. The molecule has 2 saturated carbocycles. The van der Waals surface area contributed by atoms with Crippen molar-refractivity contribution in [3.8, 4) is 23.5 Å². The van der Waals surface area contributed by atoms with Gasteiger partial charge in [0.1, 0.15) is 30.3 Å². The molecule has 0 radical (unpaired) electrons.